The number of rotatable bonds is 3. The predicted octanol–water partition coefficient (Wildman–Crippen LogP) is 4.14. The molecule has 3 rings (SSSR count). The van der Waals surface area contributed by atoms with Crippen molar-refractivity contribution < 1.29 is 4.74 Å². The normalized spacial score (nSPS) is 11.8. The lowest BCUT2D eigenvalue weighted by Gasteiger charge is -2.19. The van der Waals surface area contributed by atoms with Crippen molar-refractivity contribution in [3.63, 3.8) is 0 Å². The van der Waals surface area contributed by atoms with Crippen LogP contribution in [-0.4, -0.2) is 15.2 Å². The van der Waals surface area contributed by atoms with Gasteiger partial charge in [-0.15, -0.1) is 0 Å². The number of H-pyrrole nitrogens is 1. The van der Waals surface area contributed by atoms with E-state index in [2.05, 4.69) is 48.1 Å². The number of pyridine rings is 1. The molecule has 0 radical (unpaired) electrons. The molecule has 2 aromatic heterocycles. The van der Waals surface area contributed by atoms with Crippen LogP contribution in [-0.2, 0) is 12.0 Å². The molecule has 0 aliphatic rings. The third-order valence-electron chi connectivity index (χ3n) is 3.79. The van der Waals surface area contributed by atoms with Gasteiger partial charge >= 0.3 is 0 Å². The number of nitrogens with one attached hydrogen (secondary N) is 1. The molecular formula is C18H21N3O. The highest BCUT2D eigenvalue weighted by Gasteiger charge is 2.14. The Morgan fingerprint density at radius 2 is 1.91 bits per heavy atom. The molecule has 0 amide bonds. The Labute approximate surface area is 130 Å². The van der Waals surface area contributed by atoms with E-state index in [1.165, 1.54) is 5.56 Å². The van der Waals surface area contributed by atoms with Crippen LogP contribution in [0.2, 0.25) is 0 Å². The maximum absolute atomic E-state index is 5.99. The molecule has 2 heterocycles. The average Bonchev–Trinajstić information content (AvgIpc) is 2.91. The van der Waals surface area contributed by atoms with Crippen molar-refractivity contribution in [1.82, 2.24) is 15.2 Å². The van der Waals surface area contributed by atoms with E-state index in [1.807, 2.05) is 31.6 Å². The van der Waals surface area contributed by atoms with E-state index in [-0.39, 0.29) is 5.41 Å². The number of aryl methyl sites for hydroxylation is 1. The van der Waals surface area contributed by atoms with Crippen molar-refractivity contribution >= 4 is 10.9 Å². The Morgan fingerprint density at radius 3 is 2.68 bits per heavy atom. The summed E-state index contributed by atoms with van der Waals surface area (Å²) in [6, 6.07) is 6.25. The van der Waals surface area contributed by atoms with Crippen LogP contribution in [0.3, 0.4) is 0 Å². The fraction of sp³-hybridized carbons (Fsp3) is 0.333. The lowest BCUT2D eigenvalue weighted by atomic mass is 9.88. The molecule has 0 fully saturated rings. The number of fused-ring (bicyclic) bond motifs is 1. The van der Waals surface area contributed by atoms with E-state index >= 15 is 0 Å². The van der Waals surface area contributed by atoms with E-state index in [0.29, 0.717) is 6.61 Å². The van der Waals surface area contributed by atoms with Crippen LogP contribution in [0.5, 0.6) is 5.75 Å². The second-order valence-corrected chi connectivity index (χ2v) is 6.70. The van der Waals surface area contributed by atoms with Gasteiger partial charge in [-0.1, -0.05) is 20.8 Å². The molecule has 0 aliphatic carbocycles. The van der Waals surface area contributed by atoms with Gasteiger partial charge in [-0.2, -0.15) is 5.10 Å². The summed E-state index contributed by atoms with van der Waals surface area (Å²) in [5, 5.41) is 8.08. The zero-order valence-electron chi connectivity index (χ0n) is 13.5. The Morgan fingerprint density at radius 1 is 1.09 bits per heavy atom. The lowest BCUT2D eigenvalue weighted by molar-refractivity contribution is 0.303. The first-order valence-electron chi connectivity index (χ1n) is 7.44. The van der Waals surface area contributed by atoms with Crippen molar-refractivity contribution in [3.05, 3.63) is 53.5 Å². The number of aromatic nitrogens is 3. The maximum Gasteiger partial charge on any atom is 0.123 e. The topological polar surface area (TPSA) is 50.8 Å². The third-order valence-corrected chi connectivity index (χ3v) is 3.79. The molecule has 4 nitrogen and oxygen atoms in total. The van der Waals surface area contributed by atoms with Crippen molar-refractivity contribution in [3.8, 4) is 5.75 Å². The van der Waals surface area contributed by atoms with Gasteiger partial charge in [0.15, 0.2) is 0 Å². The largest absolute Gasteiger partial charge is 0.489 e. The predicted molar refractivity (Wildman–Crippen MR) is 88.1 cm³/mol. The Kier molecular flexibility index (Phi) is 3.61. The molecular weight excluding hydrogens is 274 g/mol. The molecule has 1 aromatic carbocycles. The molecule has 0 saturated carbocycles. The van der Waals surface area contributed by atoms with Crippen molar-refractivity contribution in [2.75, 3.05) is 0 Å². The van der Waals surface area contributed by atoms with Crippen LogP contribution < -0.4 is 4.74 Å². The summed E-state index contributed by atoms with van der Waals surface area (Å²) < 4.78 is 5.99. The van der Waals surface area contributed by atoms with Gasteiger partial charge in [-0.25, -0.2) is 0 Å². The molecule has 22 heavy (non-hydrogen) atoms. The highest BCUT2D eigenvalue weighted by Crippen LogP contribution is 2.26. The van der Waals surface area contributed by atoms with Crippen LogP contribution in [0.4, 0.5) is 0 Å². The zero-order valence-corrected chi connectivity index (χ0v) is 13.5. The standard InChI is InChI=1S/C18H21N3O/c1-12-5-16-14(9-20-21-16)7-17(12)22-11-13-6-15(10-19-8-13)18(2,3)4/h5-10H,11H2,1-4H3,(H,20,21). The Balaban J connectivity index is 1.80. The second kappa shape index (κ2) is 5.44. The van der Waals surface area contributed by atoms with Gasteiger partial charge in [0.05, 0.1) is 11.7 Å². The van der Waals surface area contributed by atoms with Gasteiger partial charge < -0.3 is 4.74 Å². The highest BCUT2D eigenvalue weighted by atomic mass is 16.5. The number of aromatic amines is 1. The van der Waals surface area contributed by atoms with Crippen molar-refractivity contribution in [1.29, 1.82) is 0 Å². The maximum atomic E-state index is 5.99. The van der Waals surface area contributed by atoms with Crippen LogP contribution in [0.25, 0.3) is 10.9 Å². The molecule has 4 heteroatoms. The van der Waals surface area contributed by atoms with Gasteiger partial charge in [0.25, 0.3) is 0 Å². The van der Waals surface area contributed by atoms with Gasteiger partial charge in [0.1, 0.15) is 12.4 Å². The molecule has 3 aromatic rings. The minimum absolute atomic E-state index is 0.0919. The first-order chi connectivity index (χ1) is 10.4. The minimum atomic E-state index is 0.0919. The second-order valence-electron chi connectivity index (χ2n) is 6.70. The molecule has 0 atom stereocenters. The van der Waals surface area contributed by atoms with Crippen LogP contribution in [0.15, 0.2) is 36.8 Å². The van der Waals surface area contributed by atoms with Gasteiger partial charge in [-0.05, 0) is 41.7 Å². The molecule has 0 bridgehead atoms. The average molecular weight is 295 g/mol. The summed E-state index contributed by atoms with van der Waals surface area (Å²) >= 11 is 0. The monoisotopic (exact) mass is 295 g/mol. The minimum Gasteiger partial charge on any atom is -0.489 e. The number of ether oxygens (including phenoxy) is 1. The number of nitrogens with zero attached hydrogens (tertiary/aromatic N) is 2. The molecule has 0 aliphatic heterocycles. The summed E-state index contributed by atoms with van der Waals surface area (Å²) in [4.78, 5) is 4.33. The summed E-state index contributed by atoms with van der Waals surface area (Å²) in [6.45, 7) is 9.11. The molecule has 0 saturated heterocycles. The summed E-state index contributed by atoms with van der Waals surface area (Å²) in [5.74, 6) is 0.884. The van der Waals surface area contributed by atoms with E-state index in [4.69, 9.17) is 4.74 Å². The summed E-state index contributed by atoms with van der Waals surface area (Å²) in [7, 11) is 0. The van der Waals surface area contributed by atoms with E-state index in [9.17, 15) is 0 Å². The van der Waals surface area contributed by atoms with E-state index in [1.54, 1.807) is 0 Å². The van der Waals surface area contributed by atoms with Crippen LogP contribution >= 0.6 is 0 Å². The molecule has 114 valence electrons. The smallest absolute Gasteiger partial charge is 0.123 e. The van der Waals surface area contributed by atoms with Gasteiger partial charge in [0.2, 0.25) is 0 Å². The van der Waals surface area contributed by atoms with Gasteiger partial charge in [0, 0.05) is 23.3 Å². The zero-order chi connectivity index (χ0) is 15.7. The van der Waals surface area contributed by atoms with E-state index < -0.39 is 0 Å². The number of hydrogen-bond donors (Lipinski definition) is 1. The van der Waals surface area contributed by atoms with E-state index in [0.717, 1.165) is 27.8 Å². The third kappa shape index (κ3) is 2.96. The fourth-order valence-electron chi connectivity index (χ4n) is 2.37. The number of benzene rings is 1. The fourth-order valence-corrected chi connectivity index (χ4v) is 2.37. The first kappa shape index (κ1) is 14.6. The summed E-state index contributed by atoms with van der Waals surface area (Å²) in [6.07, 6.45) is 5.59. The highest BCUT2D eigenvalue weighted by molar-refractivity contribution is 5.80. The first-order valence-corrected chi connectivity index (χ1v) is 7.44. The van der Waals surface area contributed by atoms with Crippen LogP contribution in [0.1, 0.15) is 37.5 Å². The Hall–Kier alpha value is -2.36. The molecule has 1 N–H and O–H groups in total. The summed E-state index contributed by atoms with van der Waals surface area (Å²) in [5.41, 5.74) is 4.52. The molecule has 0 spiro atoms. The van der Waals surface area contributed by atoms with Crippen molar-refractivity contribution in [2.45, 2.75) is 39.7 Å². The lowest BCUT2D eigenvalue weighted by Crippen LogP contribution is -2.12. The number of hydrogen-bond acceptors (Lipinski definition) is 3. The van der Waals surface area contributed by atoms with Crippen molar-refractivity contribution in [2.24, 2.45) is 0 Å². The van der Waals surface area contributed by atoms with Gasteiger partial charge in [-0.3, -0.25) is 10.1 Å². The quantitative estimate of drug-likeness (QED) is 0.790. The Bertz CT molecular complexity index is 799. The molecule has 0 unspecified atom stereocenters. The SMILES string of the molecule is Cc1cc2[nH]ncc2cc1OCc1cncc(C(C)(C)C)c1. The van der Waals surface area contributed by atoms with Crippen LogP contribution in [0, 0.1) is 6.92 Å².